The molecule has 0 radical (unpaired) electrons. The van der Waals surface area contributed by atoms with Gasteiger partial charge in [-0.2, -0.15) is 0 Å². The first-order valence-corrected chi connectivity index (χ1v) is 7.96. The van der Waals surface area contributed by atoms with Crippen molar-refractivity contribution >= 4 is 33.3 Å². The van der Waals surface area contributed by atoms with E-state index < -0.39 is 0 Å². The molecule has 1 heterocycles. The van der Waals surface area contributed by atoms with Gasteiger partial charge in [0.05, 0.1) is 5.69 Å². The van der Waals surface area contributed by atoms with Gasteiger partial charge in [-0.1, -0.05) is 12.8 Å². The molecule has 0 aromatic carbocycles. The summed E-state index contributed by atoms with van der Waals surface area (Å²) in [5.74, 6) is 3.13. The number of nitrogens with zero attached hydrogens (tertiary/aromatic N) is 1. The first-order valence-electron chi connectivity index (χ1n) is 6.63. The van der Waals surface area contributed by atoms with E-state index in [2.05, 4.69) is 26.2 Å². The minimum absolute atomic E-state index is 0.671. The fourth-order valence-corrected chi connectivity index (χ4v) is 3.26. The summed E-state index contributed by atoms with van der Waals surface area (Å²) in [5.41, 5.74) is 1.03. The van der Waals surface area contributed by atoms with Crippen LogP contribution in [-0.2, 0) is 0 Å². The zero-order valence-corrected chi connectivity index (χ0v) is 13.1. The Hall–Kier alpha value is -0.280. The molecule has 0 aliphatic heterocycles. The van der Waals surface area contributed by atoms with Gasteiger partial charge in [-0.25, -0.2) is 4.98 Å². The standard InChI is InChI=1S/C14H20BrClN2/c1-10-13(15)6-7-14(18-10)17-9-12-5-3-2-4-11(12)8-16/h6-7,11-12H,2-5,8-9H2,1H3,(H,17,18). The zero-order chi connectivity index (χ0) is 13.0. The minimum atomic E-state index is 0.671. The average molecular weight is 332 g/mol. The predicted molar refractivity (Wildman–Crippen MR) is 81.3 cm³/mol. The smallest absolute Gasteiger partial charge is 0.126 e. The van der Waals surface area contributed by atoms with E-state index in [1.165, 1.54) is 25.7 Å². The topological polar surface area (TPSA) is 24.9 Å². The Morgan fingerprint density at radius 1 is 1.33 bits per heavy atom. The summed E-state index contributed by atoms with van der Waals surface area (Å²) in [7, 11) is 0. The predicted octanol–water partition coefficient (Wildman–Crippen LogP) is 4.61. The molecule has 2 nitrogen and oxygen atoms in total. The number of rotatable bonds is 4. The van der Waals surface area contributed by atoms with Gasteiger partial charge in [0.2, 0.25) is 0 Å². The molecule has 1 fully saturated rings. The lowest BCUT2D eigenvalue weighted by atomic mass is 9.80. The highest BCUT2D eigenvalue weighted by molar-refractivity contribution is 9.10. The molecular formula is C14H20BrClN2. The molecule has 2 atom stereocenters. The first kappa shape index (κ1) is 14.1. The van der Waals surface area contributed by atoms with Gasteiger partial charge >= 0.3 is 0 Å². The summed E-state index contributed by atoms with van der Waals surface area (Å²) in [6.07, 6.45) is 5.25. The second kappa shape index (κ2) is 6.76. The van der Waals surface area contributed by atoms with E-state index in [0.717, 1.165) is 28.4 Å². The largest absolute Gasteiger partial charge is 0.370 e. The van der Waals surface area contributed by atoms with E-state index in [9.17, 15) is 0 Å². The van der Waals surface area contributed by atoms with E-state index in [1.54, 1.807) is 0 Å². The number of aromatic nitrogens is 1. The van der Waals surface area contributed by atoms with Crippen molar-refractivity contribution in [1.29, 1.82) is 0 Å². The molecule has 1 aliphatic carbocycles. The van der Waals surface area contributed by atoms with Crippen molar-refractivity contribution in [2.75, 3.05) is 17.7 Å². The van der Waals surface area contributed by atoms with Crippen LogP contribution < -0.4 is 5.32 Å². The quantitative estimate of drug-likeness (QED) is 0.815. The van der Waals surface area contributed by atoms with E-state index in [-0.39, 0.29) is 0 Å². The normalized spacial score (nSPS) is 23.9. The van der Waals surface area contributed by atoms with E-state index >= 15 is 0 Å². The van der Waals surface area contributed by atoms with Crippen molar-refractivity contribution in [3.63, 3.8) is 0 Å². The SMILES string of the molecule is Cc1nc(NCC2CCCCC2CCl)ccc1Br. The van der Waals surface area contributed by atoms with Crippen LogP contribution in [0.5, 0.6) is 0 Å². The summed E-state index contributed by atoms with van der Waals surface area (Å²) in [5, 5.41) is 3.46. The second-order valence-corrected chi connectivity index (χ2v) is 6.27. The van der Waals surface area contributed by atoms with E-state index in [1.807, 2.05) is 19.1 Å². The number of hydrogen-bond donors (Lipinski definition) is 1. The van der Waals surface area contributed by atoms with Gasteiger partial charge in [-0.15, -0.1) is 11.6 Å². The number of anilines is 1. The van der Waals surface area contributed by atoms with E-state index in [0.29, 0.717) is 11.8 Å². The molecule has 0 amide bonds. The molecule has 1 N–H and O–H groups in total. The van der Waals surface area contributed by atoms with Gasteiger partial charge in [0, 0.05) is 16.9 Å². The van der Waals surface area contributed by atoms with Crippen molar-refractivity contribution in [2.45, 2.75) is 32.6 Å². The first-order chi connectivity index (χ1) is 8.70. The van der Waals surface area contributed by atoms with Gasteiger partial charge in [0.1, 0.15) is 5.82 Å². The maximum Gasteiger partial charge on any atom is 0.126 e. The lowest BCUT2D eigenvalue weighted by molar-refractivity contribution is 0.272. The van der Waals surface area contributed by atoms with Gasteiger partial charge in [0.25, 0.3) is 0 Å². The minimum Gasteiger partial charge on any atom is -0.370 e. The molecule has 1 aliphatic rings. The van der Waals surface area contributed by atoms with Gasteiger partial charge in [-0.3, -0.25) is 0 Å². The molecule has 0 bridgehead atoms. The molecular weight excluding hydrogens is 312 g/mol. The fraction of sp³-hybridized carbons (Fsp3) is 0.643. The van der Waals surface area contributed by atoms with Crippen LogP contribution in [0.15, 0.2) is 16.6 Å². The van der Waals surface area contributed by atoms with Crippen LogP contribution in [0.4, 0.5) is 5.82 Å². The van der Waals surface area contributed by atoms with Gasteiger partial charge < -0.3 is 5.32 Å². The molecule has 2 rings (SSSR count). The van der Waals surface area contributed by atoms with Crippen LogP contribution in [0, 0.1) is 18.8 Å². The monoisotopic (exact) mass is 330 g/mol. The zero-order valence-electron chi connectivity index (χ0n) is 10.8. The van der Waals surface area contributed by atoms with E-state index in [4.69, 9.17) is 11.6 Å². The lowest BCUT2D eigenvalue weighted by Crippen LogP contribution is -2.27. The van der Waals surface area contributed by atoms with Crippen molar-refractivity contribution in [2.24, 2.45) is 11.8 Å². The molecule has 1 aromatic heterocycles. The lowest BCUT2D eigenvalue weighted by Gasteiger charge is -2.30. The molecule has 0 saturated heterocycles. The van der Waals surface area contributed by atoms with Crippen LogP contribution in [0.3, 0.4) is 0 Å². The highest BCUT2D eigenvalue weighted by Crippen LogP contribution is 2.31. The number of nitrogens with one attached hydrogen (secondary N) is 1. The molecule has 4 heteroatoms. The van der Waals surface area contributed by atoms with Gasteiger partial charge in [-0.05, 0) is 59.7 Å². The maximum absolute atomic E-state index is 6.05. The highest BCUT2D eigenvalue weighted by Gasteiger charge is 2.24. The Morgan fingerprint density at radius 2 is 2.06 bits per heavy atom. The molecule has 1 aromatic rings. The third kappa shape index (κ3) is 3.61. The molecule has 18 heavy (non-hydrogen) atoms. The van der Waals surface area contributed by atoms with Crippen molar-refractivity contribution < 1.29 is 0 Å². The molecule has 0 spiro atoms. The molecule has 1 saturated carbocycles. The summed E-state index contributed by atoms with van der Waals surface area (Å²) < 4.78 is 1.06. The molecule has 2 unspecified atom stereocenters. The number of halogens is 2. The summed E-state index contributed by atoms with van der Waals surface area (Å²) in [6.45, 7) is 3.00. The van der Waals surface area contributed by atoms with Crippen LogP contribution in [0.2, 0.25) is 0 Å². The Labute approximate surface area is 123 Å². The Kier molecular flexibility index (Phi) is 5.31. The summed E-state index contributed by atoms with van der Waals surface area (Å²) >= 11 is 9.52. The maximum atomic E-state index is 6.05. The second-order valence-electron chi connectivity index (χ2n) is 5.10. The third-order valence-electron chi connectivity index (χ3n) is 3.83. The number of aryl methyl sites for hydroxylation is 1. The van der Waals surface area contributed by atoms with Crippen LogP contribution in [-0.4, -0.2) is 17.4 Å². The Morgan fingerprint density at radius 3 is 2.72 bits per heavy atom. The Balaban J connectivity index is 1.91. The number of hydrogen-bond acceptors (Lipinski definition) is 2. The summed E-state index contributed by atoms with van der Waals surface area (Å²) in [6, 6.07) is 4.07. The number of alkyl halides is 1. The fourth-order valence-electron chi connectivity index (χ4n) is 2.63. The highest BCUT2D eigenvalue weighted by atomic mass is 79.9. The van der Waals surface area contributed by atoms with Crippen LogP contribution in [0.1, 0.15) is 31.4 Å². The van der Waals surface area contributed by atoms with Crippen molar-refractivity contribution in [3.05, 3.63) is 22.3 Å². The number of pyridine rings is 1. The third-order valence-corrected chi connectivity index (χ3v) is 5.07. The van der Waals surface area contributed by atoms with Crippen LogP contribution >= 0.6 is 27.5 Å². The van der Waals surface area contributed by atoms with Crippen molar-refractivity contribution in [1.82, 2.24) is 4.98 Å². The van der Waals surface area contributed by atoms with Gasteiger partial charge in [0.15, 0.2) is 0 Å². The Bertz CT molecular complexity index is 397. The average Bonchev–Trinajstić information content (AvgIpc) is 2.40. The summed E-state index contributed by atoms with van der Waals surface area (Å²) in [4.78, 5) is 4.52. The van der Waals surface area contributed by atoms with Crippen LogP contribution in [0.25, 0.3) is 0 Å². The van der Waals surface area contributed by atoms with Crippen molar-refractivity contribution in [3.8, 4) is 0 Å². The molecule has 100 valence electrons.